The minimum absolute atomic E-state index is 0.419. The summed E-state index contributed by atoms with van der Waals surface area (Å²) in [7, 11) is 2.19. The van der Waals surface area contributed by atoms with Gasteiger partial charge in [0.25, 0.3) is 0 Å². The highest BCUT2D eigenvalue weighted by atomic mass is 127. The van der Waals surface area contributed by atoms with Gasteiger partial charge in [0.1, 0.15) is 5.75 Å². The van der Waals surface area contributed by atoms with Crippen molar-refractivity contribution in [1.82, 2.24) is 15.1 Å². The third kappa shape index (κ3) is 5.81. The zero-order valence-corrected chi connectivity index (χ0v) is 16.7. The van der Waals surface area contributed by atoms with Gasteiger partial charge in [0.05, 0.1) is 3.57 Å². The highest BCUT2D eigenvalue weighted by Crippen LogP contribution is 2.26. The van der Waals surface area contributed by atoms with E-state index in [0.717, 1.165) is 35.2 Å². The van der Waals surface area contributed by atoms with Crippen LogP contribution in [0.15, 0.2) is 12.1 Å². The SMILES string of the molecule is CN1CCN(CCCNCc2cc(I)cc(I)c2O)CC1. The van der Waals surface area contributed by atoms with Crippen LogP contribution in [0.1, 0.15) is 12.0 Å². The Kier molecular flexibility index (Phi) is 7.47. The molecule has 1 saturated heterocycles. The molecular weight excluding hydrogens is 492 g/mol. The highest BCUT2D eigenvalue weighted by Gasteiger charge is 2.12. The van der Waals surface area contributed by atoms with Gasteiger partial charge in [-0.05, 0) is 83.9 Å². The number of nitrogens with zero attached hydrogens (tertiary/aromatic N) is 2. The number of phenolic OH excluding ortho intramolecular Hbond substituents is 1. The van der Waals surface area contributed by atoms with Gasteiger partial charge in [0.15, 0.2) is 0 Å². The molecule has 21 heavy (non-hydrogen) atoms. The molecule has 0 unspecified atom stereocenters. The van der Waals surface area contributed by atoms with Crippen LogP contribution in [0.4, 0.5) is 0 Å². The molecule has 0 aliphatic carbocycles. The van der Waals surface area contributed by atoms with Crippen molar-refractivity contribution < 1.29 is 5.11 Å². The Labute approximate surface area is 154 Å². The number of piperazine rings is 1. The second-order valence-corrected chi connectivity index (χ2v) is 7.98. The number of rotatable bonds is 6. The molecule has 4 nitrogen and oxygen atoms in total. The maximum atomic E-state index is 10.0. The van der Waals surface area contributed by atoms with Crippen LogP contribution in [0.3, 0.4) is 0 Å². The molecule has 2 rings (SSSR count). The maximum Gasteiger partial charge on any atom is 0.133 e. The number of phenols is 1. The first kappa shape index (κ1) is 17.7. The van der Waals surface area contributed by atoms with Crippen LogP contribution in [-0.4, -0.2) is 61.2 Å². The summed E-state index contributed by atoms with van der Waals surface area (Å²) in [6.45, 7) is 7.63. The van der Waals surface area contributed by atoms with Crippen molar-refractivity contribution in [2.75, 3.05) is 46.3 Å². The van der Waals surface area contributed by atoms with E-state index < -0.39 is 0 Å². The highest BCUT2D eigenvalue weighted by molar-refractivity contribution is 14.1. The number of nitrogens with one attached hydrogen (secondary N) is 1. The van der Waals surface area contributed by atoms with Crippen molar-refractivity contribution in [1.29, 1.82) is 0 Å². The van der Waals surface area contributed by atoms with Gasteiger partial charge in [0, 0.05) is 41.9 Å². The van der Waals surface area contributed by atoms with Crippen LogP contribution in [0.25, 0.3) is 0 Å². The molecule has 1 heterocycles. The summed E-state index contributed by atoms with van der Waals surface area (Å²) in [4.78, 5) is 4.92. The lowest BCUT2D eigenvalue weighted by Gasteiger charge is -2.32. The molecule has 2 N–H and O–H groups in total. The van der Waals surface area contributed by atoms with Crippen LogP contribution in [0.2, 0.25) is 0 Å². The van der Waals surface area contributed by atoms with Gasteiger partial charge in [-0.2, -0.15) is 0 Å². The van der Waals surface area contributed by atoms with Crippen LogP contribution in [-0.2, 0) is 6.54 Å². The summed E-state index contributed by atoms with van der Waals surface area (Å²) in [6.07, 6.45) is 1.16. The number of hydrogen-bond donors (Lipinski definition) is 2. The summed E-state index contributed by atoms with van der Waals surface area (Å²) in [5.74, 6) is 0.419. The lowest BCUT2D eigenvalue weighted by Crippen LogP contribution is -2.45. The van der Waals surface area contributed by atoms with Crippen molar-refractivity contribution >= 4 is 45.2 Å². The Morgan fingerprint density at radius 3 is 2.62 bits per heavy atom. The third-order valence-corrected chi connectivity index (χ3v) is 5.29. The Bertz CT molecular complexity index is 462. The lowest BCUT2D eigenvalue weighted by atomic mass is 10.2. The van der Waals surface area contributed by atoms with Crippen molar-refractivity contribution in [3.8, 4) is 5.75 Å². The van der Waals surface area contributed by atoms with E-state index >= 15 is 0 Å². The van der Waals surface area contributed by atoms with E-state index in [4.69, 9.17) is 0 Å². The first-order valence-electron chi connectivity index (χ1n) is 7.35. The molecule has 1 aromatic carbocycles. The van der Waals surface area contributed by atoms with Gasteiger partial charge < -0.3 is 20.2 Å². The summed E-state index contributed by atoms with van der Waals surface area (Å²) in [5, 5.41) is 13.5. The van der Waals surface area contributed by atoms with Gasteiger partial charge in [-0.3, -0.25) is 0 Å². The molecule has 0 bridgehead atoms. The molecule has 0 saturated carbocycles. The first-order valence-corrected chi connectivity index (χ1v) is 9.50. The number of halogens is 2. The number of hydrogen-bond acceptors (Lipinski definition) is 4. The van der Waals surface area contributed by atoms with E-state index in [2.05, 4.69) is 67.3 Å². The van der Waals surface area contributed by atoms with Gasteiger partial charge in [-0.25, -0.2) is 0 Å². The molecule has 0 aromatic heterocycles. The van der Waals surface area contributed by atoms with Crippen molar-refractivity contribution in [2.24, 2.45) is 0 Å². The van der Waals surface area contributed by atoms with E-state index in [9.17, 15) is 5.11 Å². The molecule has 0 radical (unpaired) electrons. The fraction of sp³-hybridized carbons (Fsp3) is 0.600. The van der Waals surface area contributed by atoms with Gasteiger partial charge in [-0.1, -0.05) is 0 Å². The topological polar surface area (TPSA) is 38.7 Å². The maximum absolute atomic E-state index is 10.0. The largest absolute Gasteiger partial charge is 0.507 e. The number of likely N-dealkylation sites (N-methyl/N-ethyl adjacent to an activating group) is 1. The van der Waals surface area contributed by atoms with E-state index in [1.807, 2.05) is 12.1 Å². The molecule has 118 valence electrons. The van der Waals surface area contributed by atoms with Gasteiger partial charge >= 0.3 is 0 Å². The average molecular weight is 515 g/mol. The predicted molar refractivity (Wildman–Crippen MR) is 104 cm³/mol. The number of benzene rings is 1. The zero-order chi connectivity index (χ0) is 15.2. The van der Waals surface area contributed by atoms with Crippen molar-refractivity contribution in [3.63, 3.8) is 0 Å². The van der Waals surface area contributed by atoms with Crippen LogP contribution >= 0.6 is 45.2 Å². The smallest absolute Gasteiger partial charge is 0.133 e. The van der Waals surface area contributed by atoms with E-state index in [0.29, 0.717) is 5.75 Å². The predicted octanol–water partition coefficient (Wildman–Crippen LogP) is 2.33. The minimum atomic E-state index is 0.419. The molecule has 1 aliphatic heterocycles. The molecular formula is C15H23I2N3O. The fourth-order valence-electron chi connectivity index (χ4n) is 2.48. The van der Waals surface area contributed by atoms with Gasteiger partial charge in [-0.15, -0.1) is 0 Å². The monoisotopic (exact) mass is 515 g/mol. The second kappa shape index (κ2) is 8.85. The molecule has 1 fully saturated rings. The Morgan fingerprint density at radius 2 is 1.90 bits per heavy atom. The number of aromatic hydroxyl groups is 1. The molecule has 0 atom stereocenters. The third-order valence-electron chi connectivity index (χ3n) is 3.85. The van der Waals surface area contributed by atoms with Crippen molar-refractivity contribution in [3.05, 3.63) is 24.8 Å². The summed E-state index contributed by atoms with van der Waals surface area (Å²) >= 11 is 4.47. The quantitative estimate of drug-likeness (QED) is 0.451. The summed E-state index contributed by atoms with van der Waals surface area (Å²) in [6, 6.07) is 4.04. The Balaban J connectivity index is 1.66. The first-order chi connectivity index (χ1) is 10.1. The lowest BCUT2D eigenvalue weighted by molar-refractivity contribution is 0.152. The second-order valence-electron chi connectivity index (χ2n) is 5.57. The van der Waals surface area contributed by atoms with Gasteiger partial charge in [0.2, 0.25) is 0 Å². The molecule has 0 spiro atoms. The Morgan fingerprint density at radius 1 is 1.19 bits per heavy atom. The average Bonchev–Trinajstić information content (AvgIpc) is 2.45. The fourth-order valence-corrected chi connectivity index (χ4v) is 4.44. The molecule has 6 heteroatoms. The molecule has 1 aliphatic rings. The van der Waals surface area contributed by atoms with Crippen molar-refractivity contribution in [2.45, 2.75) is 13.0 Å². The molecule has 0 amide bonds. The van der Waals surface area contributed by atoms with E-state index in [1.54, 1.807) is 0 Å². The standard InChI is InChI=1S/C15H23I2N3O/c1-19-5-7-20(8-6-19)4-2-3-18-11-12-9-13(16)10-14(17)15(12)21/h9-10,18,21H,2-8,11H2,1H3. The van der Waals surface area contributed by atoms with Crippen LogP contribution < -0.4 is 5.32 Å². The normalized spacial score (nSPS) is 17.3. The van der Waals surface area contributed by atoms with Crippen LogP contribution in [0.5, 0.6) is 5.75 Å². The van der Waals surface area contributed by atoms with Crippen LogP contribution in [0, 0.1) is 7.14 Å². The van der Waals surface area contributed by atoms with E-state index in [1.165, 1.54) is 29.7 Å². The molecule has 1 aromatic rings. The zero-order valence-electron chi connectivity index (χ0n) is 12.4. The minimum Gasteiger partial charge on any atom is -0.507 e. The summed E-state index contributed by atoms with van der Waals surface area (Å²) in [5.41, 5.74) is 0.992. The Hall–Kier alpha value is 0.360. The van der Waals surface area contributed by atoms with E-state index in [-0.39, 0.29) is 0 Å². The summed E-state index contributed by atoms with van der Waals surface area (Å²) < 4.78 is 2.10.